The summed E-state index contributed by atoms with van der Waals surface area (Å²) in [5.74, 6) is 0. The third-order valence-electron chi connectivity index (χ3n) is 16.0. The van der Waals surface area contributed by atoms with E-state index in [1.54, 1.807) is 0 Å². The predicted octanol–water partition coefficient (Wildman–Crippen LogP) is 15.0. The number of hydrogen-bond acceptors (Lipinski definition) is 0. The van der Waals surface area contributed by atoms with Gasteiger partial charge in [-0.2, -0.15) is 45.6 Å². The molecule has 4 aliphatic carbocycles. The summed E-state index contributed by atoms with van der Waals surface area (Å²) in [6.45, 7) is 14.2. The molecule has 9 rings (SSSR count). The third-order valence-corrected chi connectivity index (χ3v) is 16.0. The quantitative estimate of drug-likeness (QED) is 0.151. The van der Waals surface area contributed by atoms with Crippen LogP contribution in [0.3, 0.4) is 0 Å². The Morgan fingerprint density at radius 1 is 0.333 bits per heavy atom. The van der Waals surface area contributed by atoms with Crippen molar-refractivity contribution in [1.29, 1.82) is 0 Å². The van der Waals surface area contributed by atoms with Gasteiger partial charge in [0.1, 0.15) is 0 Å². The second kappa shape index (κ2) is 26.2. The number of aromatic nitrogens is 4. The molecule has 0 atom stereocenters. The largest absolute Gasteiger partial charge is 3.00 e. The van der Waals surface area contributed by atoms with Crippen molar-refractivity contribution in [3.05, 3.63) is 94.1 Å². The van der Waals surface area contributed by atoms with Crippen LogP contribution in [0.15, 0.2) is 48.5 Å². The Kier molecular flexibility index (Phi) is 22.8. The molecule has 0 N–H and O–H groups in total. The van der Waals surface area contributed by atoms with Crippen molar-refractivity contribution in [3.63, 3.8) is 0 Å². The maximum absolute atomic E-state index is 5.69. The van der Waals surface area contributed by atoms with Gasteiger partial charge in [0.05, 0.1) is 42.2 Å². The molecule has 0 saturated heterocycles. The molecule has 4 saturated carbocycles. The fraction of sp³-hybridized carbons (Fsp3) is 0.686. The van der Waals surface area contributed by atoms with Gasteiger partial charge in [-0.15, -0.1) is 69.6 Å². The normalized spacial score (nSPS) is 20.1. The van der Waals surface area contributed by atoms with E-state index in [9.17, 15) is 0 Å². The Balaban J connectivity index is 0.000000394. The Hall–Kier alpha value is -0.674. The van der Waals surface area contributed by atoms with E-state index in [-0.39, 0.29) is 54.5 Å². The van der Waals surface area contributed by atoms with E-state index in [0.717, 1.165) is 51.4 Å². The topological polar surface area (TPSA) is 56.4 Å². The zero-order valence-electron chi connectivity index (χ0n) is 38.5. The van der Waals surface area contributed by atoms with Gasteiger partial charge in [-0.3, -0.25) is 0 Å². The SMILES string of the molecule is CC[N+](CC)(CC)CC.ClCCl.ClCCl.ClCCl.[Co+3].c1cc2[n-]c1C1(CCCCC1)c1ccc([n-]1)C1(CCCCC1)c1ccc([n-]1)C1(CCCCC1)c1ccc([n-]1)C21CCCCC1. The first-order valence-electron chi connectivity index (χ1n) is 24.0. The number of fused-ring (bicyclic) bond motifs is 16. The maximum atomic E-state index is 5.69. The zero-order chi connectivity index (χ0) is 44.7. The summed E-state index contributed by atoms with van der Waals surface area (Å²) in [5, 5.41) is 0.583. The number of hydrogen-bond donors (Lipinski definition) is 0. The second-order valence-electron chi connectivity index (χ2n) is 18.3. The van der Waals surface area contributed by atoms with Crippen molar-refractivity contribution < 1.29 is 21.3 Å². The summed E-state index contributed by atoms with van der Waals surface area (Å²) in [7, 11) is 0. The minimum Gasteiger partial charge on any atom is -0.663 e. The fourth-order valence-corrected chi connectivity index (χ4v) is 12.1. The van der Waals surface area contributed by atoms with Crippen LogP contribution in [0.1, 0.15) is 202 Å². The monoisotopic (exact) mass is 1030 g/mol. The van der Waals surface area contributed by atoms with Crippen molar-refractivity contribution in [2.75, 3.05) is 42.2 Å². The standard InChI is InChI=1S/C40H48N4.C8H20N.3CH2Cl2.Co/c1-5-21-37(22-6-1)29-13-15-31(41-29)38(23-7-2-8-24-38)33-17-19-35(43-33)40(27-11-4-12-28-40)36-20-18-34(44-36)39(25-9-3-10-26-39)32-16-14-30(37)42-32;1-5-9(6-2,7-3)8-4;3*2-1-3;/h13-20H,1-12,21-28H2;5-8H2,1-4H3;3*1H2;/q-4;+1;;;;+3. The van der Waals surface area contributed by atoms with E-state index in [1.807, 2.05) is 0 Å². The smallest absolute Gasteiger partial charge is 0.663 e. The van der Waals surface area contributed by atoms with Gasteiger partial charge in [0, 0.05) is 0 Å². The molecule has 4 aromatic heterocycles. The molecule has 4 aromatic rings. The zero-order valence-corrected chi connectivity index (χ0v) is 44.1. The van der Waals surface area contributed by atoms with Crippen molar-refractivity contribution >= 4 is 69.6 Å². The van der Waals surface area contributed by atoms with Crippen LogP contribution >= 0.6 is 69.6 Å². The minimum absolute atomic E-state index is 0. The van der Waals surface area contributed by atoms with Crippen LogP contribution in [0.4, 0.5) is 0 Å². The first-order valence-corrected chi connectivity index (χ1v) is 27.2. The van der Waals surface area contributed by atoms with Crippen LogP contribution < -0.4 is 19.9 Å². The van der Waals surface area contributed by atoms with Gasteiger partial charge in [0.15, 0.2) is 0 Å². The minimum atomic E-state index is -0.0844. The van der Waals surface area contributed by atoms with Gasteiger partial charge in [0.25, 0.3) is 0 Å². The summed E-state index contributed by atoms with van der Waals surface area (Å²) in [4.78, 5) is 22.8. The van der Waals surface area contributed by atoms with E-state index >= 15 is 0 Å². The van der Waals surface area contributed by atoms with Crippen molar-refractivity contribution in [2.45, 2.75) is 178 Å². The predicted molar refractivity (Wildman–Crippen MR) is 267 cm³/mol. The molecule has 354 valence electrons. The number of rotatable bonds is 4. The van der Waals surface area contributed by atoms with Crippen LogP contribution in [0.5, 0.6) is 0 Å². The van der Waals surface area contributed by atoms with Gasteiger partial charge >= 0.3 is 16.8 Å². The van der Waals surface area contributed by atoms with E-state index < -0.39 is 0 Å². The first-order chi connectivity index (χ1) is 30.2. The summed E-state index contributed by atoms with van der Waals surface area (Å²) < 4.78 is 1.28. The molecule has 0 aromatic carbocycles. The van der Waals surface area contributed by atoms with E-state index in [1.165, 1.54) is 153 Å². The molecular weight excluding hydrogens is 954 g/mol. The van der Waals surface area contributed by atoms with Crippen molar-refractivity contribution in [1.82, 2.24) is 19.9 Å². The number of alkyl halides is 6. The summed E-state index contributed by atoms with van der Waals surface area (Å²) in [6, 6.07) is 19.2. The van der Waals surface area contributed by atoms with Crippen LogP contribution in [-0.4, -0.2) is 46.7 Å². The fourth-order valence-electron chi connectivity index (χ4n) is 12.1. The molecule has 5 aliphatic rings. The molecule has 4 fully saturated rings. The molecule has 0 radical (unpaired) electrons. The number of quaternary nitrogens is 1. The van der Waals surface area contributed by atoms with Gasteiger partial charge in [0.2, 0.25) is 0 Å². The van der Waals surface area contributed by atoms with E-state index in [0.29, 0.717) is 0 Å². The second-order valence-corrected chi connectivity index (χ2v) is 20.8. The number of halogens is 6. The number of nitrogens with zero attached hydrogens (tertiary/aromatic N) is 5. The molecule has 4 spiro atoms. The Morgan fingerprint density at radius 3 is 0.587 bits per heavy atom. The van der Waals surface area contributed by atoms with Gasteiger partial charge < -0.3 is 24.4 Å². The molecule has 63 heavy (non-hydrogen) atoms. The molecule has 12 heteroatoms. The maximum Gasteiger partial charge on any atom is 3.00 e. The summed E-state index contributed by atoms with van der Waals surface area (Å²) >= 11 is 28.6. The molecule has 0 amide bonds. The average molecular weight is 1030 g/mol. The molecule has 1 aliphatic heterocycles. The van der Waals surface area contributed by atoms with E-state index in [2.05, 4.69) is 76.2 Å². The Morgan fingerprint density at radius 2 is 0.476 bits per heavy atom. The third kappa shape index (κ3) is 11.8. The summed E-state index contributed by atoms with van der Waals surface area (Å²) in [6.07, 6.45) is 24.5. The Bertz CT molecular complexity index is 1510. The van der Waals surface area contributed by atoms with Gasteiger partial charge in [-0.25, -0.2) is 0 Å². The van der Waals surface area contributed by atoms with Crippen LogP contribution in [-0.2, 0) is 38.4 Å². The average Bonchev–Trinajstić information content (AvgIpc) is 4.18. The van der Waals surface area contributed by atoms with Crippen LogP contribution in [0.25, 0.3) is 0 Å². The van der Waals surface area contributed by atoms with Crippen molar-refractivity contribution in [3.8, 4) is 0 Å². The van der Waals surface area contributed by atoms with Crippen LogP contribution in [0.2, 0.25) is 0 Å². The van der Waals surface area contributed by atoms with Gasteiger partial charge in [-0.05, 0) is 101 Å². The Labute approximate surface area is 421 Å². The molecule has 5 heterocycles. The molecule has 0 unspecified atom stereocenters. The van der Waals surface area contributed by atoms with Crippen LogP contribution in [0, 0.1) is 0 Å². The van der Waals surface area contributed by atoms with E-state index in [4.69, 9.17) is 89.5 Å². The molecule has 8 bridgehead atoms. The molecular formula is C51H74Cl6CoN5. The first kappa shape index (κ1) is 54.9. The van der Waals surface area contributed by atoms with Crippen molar-refractivity contribution in [2.24, 2.45) is 0 Å². The molecule has 5 nitrogen and oxygen atoms in total. The summed E-state index contributed by atoms with van der Waals surface area (Å²) in [5.41, 5.74) is 9.85. The van der Waals surface area contributed by atoms with Gasteiger partial charge in [-0.1, -0.05) is 126 Å².